The molecule has 0 radical (unpaired) electrons. The number of rotatable bonds is 50. The topological polar surface area (TPSA) is 26.3 Å². The van der Waals surface area contributed by atoms with Crippen LogP contribution in [0, 0.1) is 0 Å². The van der Waals surface area contributed by atoms with Crippen molar-refractivity contribution in [1.29, 1.82) is 0 Å². The highest BCUT2D eigenvalue weighted by Crippen LogP contribution is 2.18. The van der Waals surface area contributed by atoms with Crippen molar-refractivity contribution in [1.82, 2.24) is 0 Å². The van der Waals surface area contributed by atoms with E-state index >= 15 is 0 Å². The van der Waals surface area contributed by atoms with E-state index in [-0.39, 0.29) is 5.97 Å². The van der Waals surface area contributed by atoms with Crippen molar-refractivity contribution in [2.75, 3.05) is 6.61 Å². The first-order chi connectivity index (χ1) is 27.8. The van der Waals surface area contributed by atoms with Gasteiger partial charge in [-0.2, -0.15) is 0 Å². The maximum absolute atomic E-state index is 12.0. The number of hydrogen-bond donors (Lipinski definition) is 0. The molecule has 2 nitrogen and oxygen atoms in total. The zero-order chi connectivity index (χ0) is 40.3. The fourth-order valence-corrected chi connectivity index (χ4v) is 8.43. The molecule has 0 amide bonds. The van der Waals surface area contributed by atoms with Crippen LogP contribution in [-0.4, -0.2) is 12.6 Å². The molecular formula is C54H106O2. The third-order valence-electron chi connectivity index (χ3n) is 12.4. The largest absolute Gasteiger partial charge is 0.466 e. The molecule has 0 fully saturated rings. The highest BCUT2D eigenvalue weighted by atomic mass is 16.5. The summed E-state index contributed by atoms with van der Waals surface area (Å²) in [6.45, 7) is 5.22. The van der Waals surface area contributed by atoms with Gasteiger partial charge in [0.15, 0.2) is 0 Å². The summed E-state index contributed by atoms with van der Waals surface area (Å²) in [7, 11) is 0. The Morgan fingerprint density at radius 1 is 0.286 bits per heavy atom. The van der Waals surface area contributed by atoms with Gasteiger partial charge in [0.1, 0.15) is 0 Å². The molecule has 0 unspecified atom stereocenters. The summed E-state index contributed by atoms with van der Waals surface area (Å²) in [6, 6.07) is 0. The van der Waals surface area contributed by atoms with Crippen molar-refractivity contribution in [3.63, 3.8) is 0 Å². The summed E-state index contributed by atoms with van der Waals surface area (Å²) in [6.07, 6.45) is 70.9. The van der Waals surface area contributed by atoms with Crippen molar-refractivity contribution in [2.24, 2.45) is 0 Å². The number of carbonyl (C=O) groups is 1. The molecular weight excluding hydrogens is 681 g/mol. The van der Waals surface area contributed by atoms with Crippen LogP contribution in [0.2, 0.25) is 0 Å². The van der Waals surface area contributed by atoms with Crippen LogP contribution < -0.4 is 0 Å². The SMILES string of the molecule is CCCCCCCC/C=C/CCCCCCCCOC(=O)CCCCCCCCCCCCCCCCCCCCCCCCCCCCCCCCCCC. The number of unbranched alkanes of at least 4 members (excludes halogenated alkanes) is 44. The molecule has 0 saturated carbocycles. The molecule has 0 aromatic carbocycles. The van der Waals surface area contributed by atoms with E-state index in [0.717, 1.165) is 12.8 Å². The van der Waals surface area contributed by atoms with E-state index in [1.54, 1.807) is 0 Å². The Bertz CT molecular complexity index is 728. The molecule has 0 aromatic rings. The molecule has 0 aliphatic rings. The van der Waals surface area contributed by atoms with Crippen LogP contribution in [0.15, 0.2) is 12.2 Å². The quantitative estimate of drug-likeness (QED) is 0.0349. The molecule has 0 saturated heterocycles. The standard InChI is InChI=1S/C54H106O2/c1-3-5-7-9-11-13-15-17-19-21-22-23-24-25-26-27-28-29-30-31-32-33-34-35-36-37-38-40-42-44-46-48-50-52-54(55)56-53-51-49-47-45-43-41-39-20-18-16-14-12-10-8-6-4-2/h18,20H,3-17,19,21-53H2,1-2H3/b20-18+. The predicted octanol–water partition coefficient (Wildman–Crippen LogP) is 19.9. The first-order valence-corrected chi connectivity index (χ1v) is 26.6. The highest BCUT2D eigenvalue weighted by molar-refractivity contribution is 5.69. The number of esters is 1. The van der Waals surface area contributed by atoms with Gasteiger partial charge >= 0.3 is 5.97 Å². The lowest BCUT2D eigenvalue weighted by atomic mass is 10.0. The van der Waals surface area contributed by atoms with Gasteiger partial charge in [0, 0.05) is 6.42 Å². The van der Waals surface area contributed by atoms with E-state index in [0.29, 0.717) is 13.0 Å². The van der Waals surface area contributed by atoms with Crippen LogP contribution in [-0.2, 0) is 9.53 Å². The third-order valence-corrected chi connectivity index (χ3v) is 12.4. The van der Waals surface area contributed by atoms with Gasteiger partial charge in [-0.3, -0.25) is 4.79 Å². The lowest BCUT2D eigenvalue weighted by Gasteiger charge is -2.06. The van der Waals surface area contributed by atoms with Gasteiger partial charge in [0.2, 0.25) is 0 Å². The monoisotopic (exact) mass is 787 g/mol. The van der Waals surface area contributed by atoms with Gasteiger partial charge in [-0.25, -0.2) is 0 Å². The maximum atomic E-state index is 12.0. The molecule has 334 valence electrons. The van der Waals surface area contributed by atoms with Crippen molar-refractivity contribution in [3.8, 4) is 0 Å². The fraction of sp³-hybridized carbons (Fsp3) is 0.944. The molecule has 0 bridgehead atoms. The van der Waals surface area contributed by atoms with Gasteiger partial charge in [-0.1, -0.05) is 289 Å². The van der Waals surface area contributed by atoms with Crippen LogP contribution in [0.3, 0.4) is 0 Å². The van der Waals surface area contributed by atoms with Gasteiger partial charge < -0.3 is 4.74 Å². The van der Waals surface area contributed by atoms with Gasteiger partial charge in [0.25, 0.3) is 0 Å². The van der Waals surface area contributed by atoms with Gasteiger partial charge in [-0.05, 0) is 38.5 Å². The van der Waals surface area contributed by atoms with Crippen LogP contribution in [0.1, 0.15) is 322 Å². The van der Waals surface area contributed by atoms with Crippen LogP contribution in [0.4, 0.5) is 0 Å². The Hall–Kier alpha value is -0.790. The van der Waals surface area contributed by atoms with Crippen LogP contribution >= 0.6 is 0 Å². The fourth-order valence-electron chi connectivity index (χ4n) is 8.43. The molecule has 0 N–H and O–H groups in total. The zero-order valence-electron chi connectivity index (χ0n) is 39.1. The average Bonchev–Trinajstić information content (AvgIpc) is 3.20. The summed E-state index contributed by atoms with van der Waals surface area (Å²) >= 11 is 0. The minimum Gasteiger partial charge on any atom is -0.466 e. The van der Waals surface area contributed by atoms with E-state index in [1.807, 2.05) is 0 Å². The highest BCUT2D eigenvalue weighted by Gasteiger charge is 2.03. The molecule has 0 atom stereocenters. The van der Waals surface area contributed by atoms with Gasteiger partial charge in [-0.15, -0.1) is 0 Å². The van der Waals surface area contributed by atoms with Gasteiger partial charge in [0.05, 0.1) is 6.61 Å². The number of carbonyl (C=O) groups excluding carboxylic acids is 1. The summed E-state index contributed by atoms with van der Waals surface area (Å²) in [5.74, 6) is 0.0264. The van der Waals surface area contributed by atoms with E-state index in [2.05, 4.69) is 26.0 Å². The Kier molecular flexibility index (Phi) is 51.5. The Morgan fingerprint density at radius 3 is 0.768 bits per heavy atom. The molecule has 0 aromatic heterocycles. The minimum absolute atomic E-state index is 0.0264. The summed E-state index contributed by atoms with van der Waals surface area (Å²) < 4.78 is 5.48. The van der Waals surface area contributed by atoms with E-state index in [9.17, 15) is 4.79 Å². The number of ether oxygens (including phenoxy) is 1. The first kappa shape index (κ1) is 55.2. The second-order valence-corrected chi connectivity index (χ2v) is 18.2. The molecule has 0 aliphatic carbocycles. The molecule has 0 aliphatic heterocycles. The molecule has 0 spiro atoms. The molecule has 2 heteroatoms. The lowest BCUT2D eigenvalue weighted by Crippen LogP contribution is -2.05. The Labute approximate surface area is 355 Å². The van der Waals surface area contributed by atoms with Crippen molar-refractivity contribution in [3.05, 3.63) is 12.2 Å². The minimum atomic E-state index is 0.0264. The van der Waals surface area contributed by atoms with Crippen LogP contribution in [0.25, 0.3) is 0 Å². The predicted molar refractivity (Wildman–Crippen MR) is 253 cm³/mol. The maximum Gasteiger partial charge on any atom is 0.305 e. The third kappa shape index (κ3) is 51.2. The smallest absolute Gasteiger partial charge is 0.305 e. The number of hydrogen-bond acceptors (Lipinski definition) is 2. The number of allylic oxidation sites excluding steroid dienone is 2. The van der Waals surface area contributed by atoms with Crippen molar-refractivity contribution in [2.45, 2.75) is 322 Å². The summed E-state index contributed by atoms with van der Waals surface area (Å²) in [5.41, 5.74) is 0. The summed E-state index contributed by atoms with van der Waals surface area (Å²) in [4.78, 5) is 12.0. The second-order valence-electron chi connectivity index (χ2n) is 18.2. The van der Waals surface area contributed by atoms with E-state index < -0.39 is 0 Å². The lowest BCUT2D eigenvalue weighted by molar-refractivity contribution is -0.143. The normalized spacial score (nSPS) is 11.7. The average molecular weight is 787 g/mol. The van der Waals surface area contributed by atoms with E-state index in [4.69, 9.17) is 4.74 Å². The van der Waals surface area contributed by atoms with E-state index in [1.165, 1.54) is 289 Å². The Morgan fingerprint density at radius 2 is 0.500 bits per heavy atom. The van der Waals surface area contributed by atoms with Crippen molar-refractivity contribution < 1.29 is 9.53 Å². The molecule has 0 rings (SSSR count). The summed E-state index contributed by atoms with van der Waals surface area (Å²) in [5, 5.41) is 0. The van der Waals surface area contributed by atoms with Crippen molar-refractivity contribution >= 4 is 5.97 Å². The first-order valence-electron chi connectivity index (χ1n) is 26.6. The Balaban J connectivity index is 3.15. The molecule has 0 heterocycles. The van der Waals surface area contributed by atoms with Crippen LogP contribution in [0.5, 0.6) is 0 Å². The zero-order valence-corrected chi connectivity index (χ0v) is 39.1. The second kappa shape index (κ2) is 52.2. The molecule has 56 heavy (non-hydrogen) atoms.